The number of hydrazone groups is 1. The topological polar surface area (TPSA) is 57.8 Å². The monoisotopic (exact) mass is 403 g/mol. The van der Waals surface area contributed by atoms with Crippen LogP contribution in [-0.4, -0.2) is 11.7 Å². The molecule has 0 spiro atoms. The minimum atomic E-state index is -0.339. The molecule has 0 bridgehead atoms. The number of hydrogen-bond acceptors (Lipinski definition) is 3. The van der Waals surface area contributed by atoms with Crippen molar-refractivity contribution in [2.45, 2.75) is 0 Å². The molecule has 1 aromatic heterocycles. The Morgan fingerprint density at radius 3 is 2.29 bits per heavy atom. The van der Waals surface area contributed by atoms with Crippen LogP contribution < -0.4 is 10.3 Å². The Balaban J connectivity index is 1.66. The van der Waals surface area contributed by atoms with E-state index in [2.05, 4.69) is 11.4 Å². The van der Waals surface area contributed by atoms with Gasteiger partial charge in [-0.2, -0.15) is 10.1 Å². The molecule has 6 rings (SSSR count). The zero-order valence-electron chi connectivity index (χ0n) is 16.4. The lowest BCUT2D eigenvalue weighted by atomic mass is 10.0. The molecule has 0 atom stereocenters. The minimum absolute atomic E-state index is 0.339. The summed E-state index contributed by atoms with van der Waals surface area (Å²) in [6.07, 6.45) is 0. The van der Waals surface area contributed by atoms with Crippen LogP contribution in [0, 0.1) is 0 Å². The van der Waals surface area contributed by atoms with Gasteiger partial charge in [-0.15, -0.1) is 0 Å². The second-order valence-electron chi connectivity index (χ2n) is 7.36. The van der Waals surface area contributed by atoms with E-state index in [0.717, 1.165) is 21.7 Å². The van der Waals surface area contributed by atoms with E-state index in [4.69, 9.17) is 9.52 Å². The first-order valence-corrected chi connectivity index (χ1v) is 10.0. The standard InChI is InChI=1S/C26H17N3O2/c30-26-27-24-22-20-14-8-7-9-17(20)15-16-21(22)31-25(24)23(18-10-3-1-4-11-18)28-29(26)19-12-5-2-6-13-19/h1-16H,(H,27,30). The molecule has 1 N–H and O–H groups in total. The lowest BCUT2D eigenvalue weighted by Gasteiger charge is -2.16. The predicted octanol–water partition coefficient (Wildman–Crippen LogP) is 6.39. The Labute approximate surface area is 178 Å². The maximum Gasteiger partial charge on any atom is 0.347 e. The number of para-hydroxylation sites is 1. The number of amides is 2. The Morgan fingerprint density at radius 2 is 1.48 bits per heavy atom. The van der Waals surface area contributed by atoms with Gasteiger partial charge in [-0.1, -0.05) is 78.9 Å². The van der Waals surface area contributed by atoms with Crippen molar-refractivity contribution in [1.29, 1.82) is 0 Å². The van der Waals surface area contributed by atoms with Gasteiger partial charge in [-0.05, 0) is 29.0 Å². The molecule has 0 saturated carbocycles. The molecule has 0 fully saturated rings. The number of benzene rings is 4. The molecule has 148 valence electrons. The number of nitrogens with one attached hydrogen (secondary N) is 1. The van der Waals surface area contributed by atoms with E-state index in [0.29, 0.717) is 28.4 Å². The normalized spacial score (nSPS) is 13.6. The molecular formula is C26H17N3O2. The average molecular weight is 403 g/mol. The quantitative estimate of drug-likeness (QED) is 0.371. The van der Waals surface area contributed by atoms with E-state index >= 15 is 0 Å². The molecule has 2 amide bonds. The van der Waals surface area contributed by atoms with Crippen molar-refractivity contribution >= 4 is 44.9 Å². The molecule has 0 unspecified atom stereocenters. The molecule has 31 heavy (non-hydrogen) atoms. The van der Waals surface area contributed by atoms with Gasteiger partial charge in [0.2, 0.25) is 0 Å². The summed E-state index contributed by atoms with van der Waals surface area (Å²) in [5.74, 6) is 0.546. The van der Waals surface area contributed by atoms with Gasteiger partial charge < -0.3 is 9.73 Å². The number of rotatable bonds is 2. The highest BCUT2D eigenvalue weighted by Crippen LogP contribution is 2.39. The number of hydrogen-bond donors (Lipinski definition) is 1. The van der Waals surface area contributed by atoms with E-state index < -0.39 is 0 Å². The van der Waals surface area contributed by atoms with Crippen LogP contribution in [0.2, 0.25) is 0 Å². The van der Waals surface area contributed by atoms with Gasteiger partial charge in [0.25, 0.3) is 0 Å². The average Bonchev–Trinajstić information content (AvgIpc) is 3.12. The van der Waals surface area contributed by atoms with Crippen LogP contribution in [-0.2, 0) is 0 Å². The Morgan fingerprint density at radius 1 is 0.774 bits per heavy atom. The molecule has 0 radical (unpaired) electrons. The molecule has 0 saturated heterocycles. The van der Waals surface area contributed by atoms with Crippen LogP contribution in [0.5, 0.6) is 0 Å². The molecule has 5 heteroatoms. The highest BCUT2D eigenvalue weighted by molar-refractivity contribution is 6.26. The fraction of sp³-hybridized carbons (Fsp3) is 0. The summed E-state index contributed by atoms with van der Waals surface area (Å²) in [7, 11) is 0. The molecule has 4 aromatic carbocycles. The zero-order chi connectivity index (χ0) is 20.8. The first-order valence-electron chi connectivity index (χ1n) is 10.0. The van der Waals surface area contributed by atoms with Gasteiger partial charge >= 0.3 is 6.03 Å². The third-order valence-corrected chi connectivity index (χ3v) is 5.47. The molecule has 2 heterocycles. The molecule has 0 aliphatic carbocycles. The fourth-order valence-electron chi connectivity index (χ4n) is 4.03. The second kappa shape index (κ2) is 6.85. The van der Waals surface area contributed by atoms with E-state index in [1.165, 1.54) is 5.01 Å². The summed E-state index contributed by atoms with van der Waals surface area (Å²) in [4.78, 5) is 13.3. The number of anilines is 2. The number of carbonyl (C=O) groups is 1. The van der Waals surface area contributed by atoms with Crippen molar-refractivity contribution in [3.05, 3.63) is 108 Å². The third-order valence-electron chi connectivity index (χ3n) is 5.47. The lowest BCUT2D eigenvalue weighted by Crippen LogP contribution is -2.29. The van der Waals surface area contributed by atoms with Crippen LogP contribution >= 0.6 is 0 Å². The number of carbonyl (C=O) groups excluding carboxylic acids is 1. The van der Waals surface area contributed by atoms with Crippen LogP contribution in [0.4, 0.5) is 16.2 Å². The number of fused-ring (bicyclic) bond motifs is 5. The third kappa shape index (κ3) is 2.79. The van der Waals surface area contributed by atoms with E-state index in [1.54, 1.807) is 0 Å². The molecular weight excluding hydrogens is 386 g/mol. The van der Waals surface area contributed by atoms with E-state index in [-0.39, 0.29) is 6.03 Å². The minimum Gasteiger partial charge on any atom is -0.452 e. The molecule has 5 aromatic rings. The first kappa shape index (κ1) is 17.5. The van der Waals surface area contributed by atoms with Gasteiger partial charge in [-0.3, -0.25) is 0 Å². The van der Waals surface area contributed by atoms with Gasteiger partial charge in [0.15, 0.2) is 5.76 Å². The molecule has 1 aliphatic rings. The number of urea groups is 1. The Bertz CT molecular complexity index is 1470. The van der Waals surface area contributed by atoms with Gasteiger partial charge in [0, 0.05) is 5.56 Å². The van der Waals surface area contributed by atoms with Gasteiger partial charge in [0.05, 0.1) is 16.8 Å². The summed E-state index contributed by atoms with van der Waals surface area (Å²) >= 11 is 0. The first-order chi connectivity index (χ1) is 15.3. The fourth-order valence-corrected chi connectivity index (χ4v) is 4.03. The van der Waals surface area contributed by atoms with E-state index in [1.807, 2.05) is 91.0 Å². The highest BCUT2D eigenvalue weighted by Gasteiger charge is 2.30. The zero-order valence-corrected chi connectivity index (χ0v) is 16.4. The second-order valence-corrected chi connectivity index (χ2v) is 7.36. The largest absolute Gasteiger partial charge is 0.452 e. The van der Waals surface area contributed by atoms with Crippen molar-refractivity contribution in [3.8, 4) is 0 Å². The number of nitrogens with zero attached hydrogens (tertiary/aromatic N) is 2. The van der Waals surface area contributed by atoms with Crippen molar-refractivity contribution in [2.75, 3.05) is 10.3 Å². The maximum absolute atomic E-state index is 13.3. The van der Waals surface area contributed by atoms with Crippen LogP contribution in [0.1, 0.15) is 11.3 Å². The molecule has 1 aliphatic heterocycles. The van der Waals surface area contributed by atoms with Crippen LogP contribution in [0.3, 0.4) is 0 Å². The van der Waals surface area contributed by atoms with Crippen molar-refractivity contribution < 1.29 is 9.21 Å². The smallest absolute Gasteiger partial charge is 0.347 e. The SMILES string of the molecule is O=C1Nc2c(oc3ccc4ccccc4c23)C(c2ccccc2)=NN1c1ccccc1. The van der Waals surface area contributed by atoms with Gasteiger partial charge in [-0.25, -0.2) is 4.79 Å². The summed E-state index contributed by atoms with van der Waals surface area (Å²) < 4.78 is 6.31. The highest BCUT2D eigenvalue weighted by atomic mass is 16.3. The lowest BCUT2D eigenvalue weighted by molar-refractivity contribution is 0.257. The predicted molar refractivity (Wildman–Crippen MR) is 124 cm³/mol. The summed E-state index contributed by atoms with van der Waals surface area (Å²) in [5.41, 5.74) is 3.48. The van der Waals surface area contributed by atoms with Crippen molar-refractivity contribution in [2.24, 2.45) is 5.10 Å². The summed E-state index contributed by atoms with van der Waals surface area (Å²) in [6.45, 7) is 0. The van der Waals surface area contributed by atoms with Crippen LogP contribution in [0.15, 0.2) is 107 Å². The Kier molecular flexibility index (Phi) is 3.86. The maximum atomic E-state index is 13.3. The number of furan rings is 1. The van der Waals surface area contributed by atoms with Crippen molar-refractivity contribution in [1.82, 2.24) is 0 Å². The summed E-state index contributed by atoms with van der Waals surface area (Å²) in [5, 5.41) is 12.2. The Hall–Kier alpha value is -4.38. The summed E-state index contributed by atoms with van der Waals surface area (Å²) in [6, 6.07) is 30.9. The van der Waals surface area contributed by atoms with Gasteiger partial charge in [0.1, 0.15) is 11.3 Å². The molecule has 5 nitrogen and oxygen atoms in total. The van der Waals surface area contributed by atoms with Crippen LogP contribution in [0.25, 0.3) is 21.7 Å². The van der Waals surface area contributed by atoms with Crippen molar-refractivity contribution in [3.63, 3.8) is 0 Å². The van der Waals surface area contributed by atoms with E-state index in [9.17, 15) is 4.79 Å².